The van der Waals surface area contributed by atoms with Crippen molar-refractivity contribution in [3.8, 4) is 5.75 Å². The lowest BCUT2D eigenvalue weighted by Crippen LogP contribution is -2.33. The molecule has 2 aromatic rings. The van der Waals surface area contributed by atoms with Crippen molar-refractivity contribution in [1.82, 2.24) is 4.98 Å². The van der Waals surface area contributed by atoms with E-state index in [4.69, 9.17) is 10.5 Å². The van der Waals surface area contributed by atoms with Crippen LogP contribution in [-0.4, -0.2) is 23.9 Å². The molecular formula is C13H12F4N2O. The second-order valence-electron chi connectivity index (χ2n) is 4.37. The van der Waals surface area contributed by atoms with Crippen LogP contribution in [0.1, 0.15) is 5.69 Å². The third-order valence-corrected chi connectivity index (χ3v) is 2.77. The third-order valence-electron chi connectivity index (χ3n) is 2.77. The summed E-state index contributed by atoms with van der Waals surface area (Å²) < 4.78 is 54.8. The number of hydrogen-bond acceptors (Lipinski definition) is 3. The van der Waals surface area contributed by atoms with E-state index < -0.39 is 19.0 Å². The molecule has 2 rings (SSSR count). The second-order valence-corrected chi connectivity index (χ2v) is 4.37. The van der Waals surface area contributed by atoms with Gasteiger partial charge in [-0.25, -0.2) is 8.78 Å². The Balaban J connectivity index is 2.36. The number of ether oxygens (including phenoxy) is 1. The summed E-state index contributed by atoms with van der Waals surface area (Å²) in [5.41, 5.74) is 6.78. The molecule has 0 unspecified atom stereocenters. The number of aromatic nitrogens is 1. The van der Waals surface area contributed by atoms with E-state index >= 15 is 0 Å². The molecular weight excluding hydrogens is 276 g/mol. The van der Waals surface area contributed by atoms with E-state index in [0.717, 1.165) is 0 Å². The van der Waals surface area contributed by atoms with Crippen LogP contribution in [0.15, 0.2) is 24.4 Å². The molecule has 3 nitrogen and oxygen atoms in total. The Morgan fingerprint density at radius 2 is 2.00 bits per heavy atom. The van der Waals surface area contributed by atoms with E-state index in [1.54, 1.807) is 13.0 Å². The SMILES string of the molecule is Cc1cc2c(OCC(F)(F)C(F)F)ccc(N)c2cn1. The maximum absolute atomic E-state index is 12.9. The number of alkyl halides is 4. The molecule has 2 N–H and O–H groups in total. The van der Waals surface area contributed by atoms with Crippen LogP contribution >= 0.6 is 0 Å². The van der Waals surface area contributed by atoms with Gasteiger partial charge in [0, 0.05) is 28.4 Å². The lowest BCUT2D eigenvalue weighted by Gasteiger charge is -2.17. The summed E-state index contributed by atoms with van der Waals surface area (Å²) in [6.07, 6.45) is -2.29. The number of aryl methyl sites for hydroxylation is 1. The highest BCUT2D eigenvalue weighted by Crippen LogP contribution is 2.32. The van der Waals surface area contributed by atoms with Crippen LogP contribution in [-0.2, 0) is 0 Å². The topological polar surface area (TPSA) is 48.1 Å². The number of nitrogens with zero attached hydrogens (tertiary/aromatic N) is 1. The normalized spacial score (nSPS) is 12.1. The van der Waals surface area contributed by atoms with Gasteiger partial charge in [0.05, 0.1) is 0 Å². The average molecular weight is 288 g/mol. The number of anilines is 1. The van der Waals surface area contributed by atoms with Gasteiger partial charge in [0.25, 0.3) is 0 Å². The molecule has 0 bridgehead atoms. The first-order valence-corrected chi connectivity index (χ1v) is 5.75. The van der Waals surface area contributed by atoms with E-state index in [9.17, 15) is 17.6 Å². The van der Waals surface area contributed by atoms with Crippen LogP contribution < -0.4 is 10.5 Å². The molecule has 1 heterocycles. The minimum atomic E-state index is -4.20. The van der Waals surface area contributed by atoms with Gasteiger partial charge in [-0.2, -0.15) is 8.78 Å². The molecule has 7 heteroatoms. The minimum Gasteiger partial charge on any atom is -0.486 e. The van der Waals surface area contributed by atoms with Gasteiger partial charge >= 0.3 is 12.3 Å². The first-order chi connectivity index (χ1) is 9.31. The Labute approximate surface area is 112 Å². The summed E-state index contributed by atoms with van der Waals surface area (Å²) >= 11 is 0. The predicted octanol–water partition coefficient (Wildman–Crippen LogP) is 3.40. The smallest absolute Gasteiger partial charge is 0.340 e. The third kappa shape index (κ3) is 2.76. The molecule has 0 aliphatic rings. The zero-order valence-electron chi connectivity index (χ0n) is 10.5. The molecule has 0 spiro atoms. The zero-order chi connectivity index (χ0) is 14.9. The van der Waals surface area contributed by atoms with Crippen LogP contribution in [0.2, 0.25) is 0 Å². The Morgan fingerprint density at radius 3 is 2.65 bits per heavy atom. The maximum atomic E-state index is 12.9. The number of fused-ring (bicyclic) bond motifs is 1. The van der Waals surface area contributed by atoms with E-state index in [1.165, 1.54) is 18.3 Å². The Bertz CT molecular complexity index is 631. The quantitative estimate of drug-likeness (QED) is 0.693. The van der Waals surface area contributed by atoms with Gasteiger partial charge in [-0.15, -0.1) is 0 Å². The van der Waals surface area contributed by atoms with Crippen molar-refractivity contribution in [1.29, 1.82) is 0 Å². The highest BCUT2D eigenvalue weighted by atomic mass is 19.3. The van der Waals surface area contributed by atoms with Gasteiger partial charge in [0.15, 0.2) is 6.61 Å². The predicted molar refractivity (Wildman–Crippen MR) is 67.3 cm³/mol. The van der Waals surface area contributed by atoms with Crippen LogP contribution in [0.5, 0.6) is 5.75 Å². The highest BCUT2D eigenvalue weighted by molar-refractivity contribution is 5.96. The molecule has 0 saturated heterocycles. The molecule has 1 aromatic heterocycles. The summed E-state index contributed by atoms with van der Waals surface area (Å²) in [4.78, 5) is 4.04. The molecule has 0 aliphatic heterocycles. The first-order valence-electron chi connectivity index (χ1n) is 5.75. The monoisotopic (exact) mass is 288 g/mol. The highest BCUT2D eigenvalue weighted by Gasteiger charge is 2.41. The molecule has 0 radical (unpaired) electrons. The van der Waals surface area contributed by atoms with Gasteiger partial charge in [0.2, 0.25) is 0 Å². The molecule has 0 saturated carbocycles. The fourth-order valence-corrected chi connectivity index (χ4v) is 1.70. The summed E-state index contributed by atoms with van der Waals surface area (Å²) in [5, 5.41) is 0.982. The number of nitrogen functional groups attached to an aromatic ring is 1. The molecule has 0 aliphatic carbocycles. The molecule has 0 amide bonds. The van der Waals surface area contributed by atoms with Gasteiger partial charge in [-0.3, -0.25) is 4.98 Å². The van der Waals surface area contributed by atoms with Crippen LogP contribution in [0, 0.1) is 6.92 Å². The number of benzene rings is 1. The summed E-state index contributed by atoms with van der Waals surface area (Å²) in [5.74, 6) is -4.13. The lowest BCUT2D eigenvalue weighted by atomic mass is 10.1. The molecule has 108 valence electrons. The van der Waals surface area contributed by atoms with E-state index in [1.807, 2.05) is 0 Å². The summed E-state index contributed by atoms with van der Waals surface area (Å²) in [7, 11) is 0. The number of halogens is 4. The maximum Gasteiger partial charge on any atom is 0.340 e. The van der Waals surface area contributed by atoms with Gasteiger partial charge in [-0.05, 0) is 25.1 Å². The van der Waals surface area contributed by atoms with Crippen molar-refractivity contribution in [3.05, 3.63) is 30.1 Å². The Hall–Kier alpha value is -2.05. The van der Waals surface area contributed by atoms with Crippen molar-refractivity contribution in [3.63, 3.8) is 0 Å². The molecule has 1 aromatic carbocycles. The fourth-order valence-electron chi connectivity index (χ4n) is 1.70. The fraction of sp³-hybridized carbons (Fsp3) is 0.308. The van der Waals surface area contributed by atoms with E-state index in [-0.39, 0.29) is 5.75 Å². The number of pyridine rings is 1. The van der Waals surface area contributed by atoms with Gasteiger partial charge < -0.3 is 10.5 Å². The number of rotatable bonds is 4. The number of hydrogen-bond donors (Lipinski definition) is 1. The van der Waals surface area contributed by atoms with Gasteiger partial charge in [0.1, 0.15) is 5.75 Å². The lowest BCUT2D eigenvalue weighted by molar-refractivity contribution is -0.148. The standard InChI is InChI=1S/C13H12F4N2O/c1-7-4-8-9(5-19-7)10(18)2-3-11(8)20-6-13(16,17)12(14)15/h2-5,12H,6,18H2,1H3. The van der Waals surface area contributed by atoms with Crippen molar-refractivity contribution in [2.45, 2.75) is 19.3 Å². The Kier molecular flexibility index (Phi) is 3.69. The van der Waals surface area contributed by atoms with Crippen molar-refractivity contribution in [2.24, 2.45) is 0 Å². The van der Waals surface area contributed by atoms with Crippen LogP contribution in [0.4, 0.5) is 23.2 Å². The number of nitrogens with two attached hydrogens (primary N) is 1. The summed E-state index contributed by atoms with van der Waals surface area (Å²) in [6.45, 7) is 0.311. The van der Waals surface area contributed by atoms with E-state index in [2.05, 4.69) is 4.98 Å². The van der Waals surface area contributed by atoms with Crippen molar-refractivity contribution < 1.29 is 22.3 Å². The van der Waals surface area contributed by atoms with Crippen molar-refractivity contribution in [2.75, 3.05) is 12.3 Å². The Morgan fingerprint density at radius 1 is 1.30 bits per heavy atom. The molecule has 0 fully saturated rings. The summed E-state index contributed by atoms with van der Waals surface area (Å²) in [6, 6.07) is 4.43. The first kappa shape index (κ1) is 14.4. The average Bonchev–Trinajstić information content (AvgIpc) is 2.37. The zero-order valence-corrected chi connectivity index (χ0v) is 10.5. The van der Waals surface area contributed by atoms with Crippen molar-refractivity contribution >= 4 is 16.5 Å². The largest absolute Gasteiger partial charge is 0.486 e. The van der Waals surface area contributed by atoms with Gasteiger partial charge in [-0.1, -0.05) is 0 Å². The van der Waals surface area contributed by atoms with E-state index in [0.29, 0.717) is 22.2 Å². The molecule has 20 heavy (non-hydrogen) atoms. The van der Waals surface area contributed by atoms with Crippen LogP contribution in [0.25, 0.3) is 10.8 Å². The molecule has 0 atom stereocenters. The minimum absolute atomic E-state index is 0.0695. The second kappa shape index (κ2) is 5.15. The van der Waals surface area contributed by atoms with Crippen LogP contribution in [0.3, 0.4) is 0 Å².